The van der Waals surface area contributed by atoms with Gasteiger partial charge in [0.15, 0.2) is 0 Å². The molecule has 114 valence electrons. The van der Waals surface area contributed by atoms with Gasteiger partial charge in [0.2, 0.25) is 5.91 Å². The van der Waals surface area contributed by atoms with Crippen LogP contribution in [0, 0.1) is 0 Å². The average Bonchev–Trinajstić information content (AvgIpc) is 3.07. The highest BCUT2D eigenvalue weighted by molar-refractivity contribution is 5.92. The van der Waals surface area contributed by atoms with Crippen LogP contribution in [0.5, 0.6) is 0 Å². The zero-order valence-electron chi connectivity index (χ0n) is 12.6. The van der Waals surface area contributed by atoms with Crippen LogP contribution in [0.15, 0.2) is 6.20 Å². The Kier molecular flexibility index (Phi) is 3.69. The molecule has 21 heavy (non-hydrogen) atoms. The number of rotatable bonds is 2. The van der Waals surface area contributed by atoms with Crippen LogP contribution in [0.25, 0.3) is 0 Å². The molecule has 1 atom stereocenters. The van der Waals surface area contributed by atoms with Crippen molar-refractivity contribution in [3.63, 3.8) is 0 Å². The van der Waals surface area contributed by atoms with Gasteiger partial charge in [0.05, 0.1) is 6.04 Å². The predicted molar refractivity (Wildman–Crippen MR) is 77.8 cm³/mol. The summed E-state index contributed by atoms with van der Waals surface area (Å²) in [6.45, 7) is 4.90. The first-order valence-electron chi connectivity index (χ1n) is 7.71. The maximum atomic E-state index is 12.3. The maximum Gasteiger partial charge on any atom is 0.271 e. The Labute approximate surface area is 124 Å². The molecular weight excluding hydrogens is 268 g/mol. The van der Waals surface area contributed by atoms with Crippen LogP contribution in [0.2, 0.25) is 0 Å². The third-order valence-corrected chi connectivity index (χ3v) is 4.56. The number of hydrogen-bond donors (Lipinski definition) is 1. The normalized spacial score (nSPS) is 22.2. The second-order valence-corrected chi connectivity index (χ2v) is 6.02. The summed E-state index contributed by atoms with van der Waals surface area (Å²) in [5, 5.41) is 3.06. The van der Waals surface area contributed by atoms with Crippen LogP contribution < -0.4 is 5.32 Å². The van der Waals surface area contributed by atoms with Crippen LogP contribution in [0.3, 0.4) is 0 Å². The smallest absolute Gasteiger partial charge is 0.271 e. The van der Waals surface area contributed by atoms with Gasteiger partial charge < -0.3 is 14.8 Å². The van der Waals surface area contributed by atoms with Crippen molar-refractivity contribution in [3.05, 3.63) is 17.7 Å². The Morgan fingerprint density at radius 1 is 1.29 bits per heavy atom. The largest absolute Gasteiger partial charge is 0.348 e. The molecule has 2 amide bonds. The van der Waals surface area contributed by atoms with E-state index in [1.165, 1.54) is 12.8 Å². The average molecular weight is 290 g/mol. The minimum atomic E-state index is -0.0922. The van der Waals surface area contributed by atoms with Gasteiger partial charge in [0, 0.05) is 32.3 Å². The van der Waals surface area contributed by atoms with Crippen LogP contribution >= 0.6 is 0 Å². The summed E-state index contributed by atoms with van der Waals surface area (Å²) in [5.74, 6) is 0.757. The van der Waals surface area contributed by atoms with Crippen molar-refractivity contribution < 1.29 is 9.59 Å². The topological polar surface area (TPSA) is 67.2 Å². The molecule has 0 saturated heterocycles. The summed E-state index contributed by atoms with van der Waals surface area (Å²) >= 11 is 0. The molecule has 0 radical (unpaired) electrons. The Morgan fingerprint density at radius 2 is 2.00 bits per heavy atom. The van der Waals surface area contributed by atoms with E-state index in [9.17, 15) is 9.59 Å². The fraction of sp³-hybridized carbons (Fsp3) is 0.667. The summed E-state index contributed by atoms with van der Waals surface area (Å²) in [6.07, 6.45) is 6.32. The number of hydrogen-bond acceptors (Lipinski definition) is 3. The predicted octanol–water partition coefficient (Wildman–Crippen LogP) is 1.48. The Bertz CT molecular complexity index is 560. The van der Waals surface area contributed by atoms with Gasteiger partial charge >= 0.3 is 0 Å². The highest BCUT2D eigenvalue weighted by Crippen LogP contribution is 2.25. The lowest BCUT2D eigenvalue weighted by molar-refractivity contribution is -0.132. The molecule has 1 N–H and O–H groups in total. The lowest BCUT2D eigenvalue weighted by atomic mass is 10.2. The molecule has 1 aliphatic carbocycles. The van der Waals surface area contributed by atoms with E-state index in [0.29, 0.717) is 24.8 Å². The van der Waals surface area contributed by atoms with Crippen molar-refractivity contribution in [2.24, 2.45) is 0 Å². The molecule has 0 unspecified atom stereocenters. The van der Waals surface area contributed by atoms with Crippen molar-refractivity contribution in [3.8, 4) is 0 Å². The van der Waals surface area contributed by atoms with Gasteiger partial charge in [-0.3, -0.25) is 9.59 Å². The molecule has 0 aromatic carbocycles. The Morgan fingerprint density at radius 3 is 2.67 bits per heavy atom. The number of carbonyl (C=O) groups excluding carboxylic acids is 2. The molecule has 6 nitrogen and oxygen atoms in total. The number of nitrogens with one attached hydrogen (secondary N) is 1. The molecule has 2 aliphatic rings. The summed E-state index contributed by atoms with van der Waals surface area (Å²) in [4.78, 5) is 30.1. The standard InChI is InChI=1S/C15H22N4O2/c1-10-14-17-13(15(21)16-12-5-3-4-6-12)9-18(14)7-8-19(10)11(2)20/h9-10,12H,3-8H2,1-2H3,(H,16,21)/t10-/m0/s1. The highest BCUT2D eigenvalue weighted by atomic mass is 16.2. The fourth-order valence-electron chi connectivity index (χ4n) is 3.36. The van der Waals surface area contributed by atoms with E-state index in [0.717, 1.165) is 18.7 Å². The molecule has 6 heteroatoms. The van der Waals surface area contributed by atoms with Gasteiger partial charge in [-0.2, -0.15) is 0 Å². The minimum Gasteiger partial charge on any atom is -0.348 e. The fourth-order valence-corrected chi connectivity index (χ4v) is 3.36. The van der Waals surface area contributed by atoms with Crippen molar-refractivity contribution in [2.45, 2.75) is 58.2 Å². The van der Waals surface area contributed by atoms with E-state index in [-0.39, 0.29) is 17.9 Å². The number of amides is 2. The Hall–Kier alpha value is -1.85. The van der Waals surface area contributed by atoms with Crippen LogP contribution in [-0.2, 0) is 11.3 Å². The van der Waals surface area contributed by atoms with Gasteiger partial charge in [0.1, 0.15) is 11.5 Å². The van der Waals surface area contributed by atoms with E-state index >= 15 is 0 Å². The second kappa shape index (κ2) is 5.50. The maximum absolute atomic E-state index is 12.3. The van der Waals surface area contributed by atoms with Gasteiger partial charge in [-0.05, 0) is 19.8 Å². The number of fused-ring (bicyclic) bond motifs is 1. The monoisotopic (exact) mass is 290 g/mol. The molecule has 1 fully saturated rings. The van der Waals surface area contributed by atoms with Crippen molar-refractivity contribution in [1.82, 2.24) is 19.8 Å². The van der Waals surface area contributed by atoms with E-state index in [2.05, 4.69) is 10.3 Å². The second-order valence-electron chi connectivity index (χ2n) is 6.02. The first-order valence-corrected chi connectivity index (χ1v) is 7.71. The van der Waals surface area contributed by atoms with Crippen LogP contribution in [-0.4, -0.2) is 38.9 Å². The van der Waals surface area contributed by atoms with Gasteiger partial charge in [-0.1, -0.05) is 12.8 Å². The SMILES string of the molecule is CC(=O)N1CCn2cc(C(=O)NC3CCCC3)nc2[C@@H]1C. The Balaban J connectivity index is 1.76. The molecule has 1 saturated carbocycles. The van der Waals surface area contributed by atoms with Crippen molar-refractivity contribution in [1.29, 1.82) is 0 Å². The number of nitrogens with zero attached hydrogens (tertiary/aromatic N) is 3. The van der Waals surface area contributed by atoms with Crippen molar-refractivity contribution >= 4 is 11.8 Å². The summed E-state index contributed by atoms with van der Waals surface area (Å²) in [6, 6.07) is 0.214. The van der Waals surface area contributed by atoms with E-state index in [4.69, 9.17) is 0 Å². The first-order chi connectivity index (χ1) is 10.1. The summed E-state index contributed by atoms with van der Waals surface area (Å²) < 4.78 is 1.99. The molecule has 3 rings (SSSR count). The molecular formula is C15H22N4O2. The molecule has 1 aromatic heterocycles. The van der Waals surface area contributed by atoms with Crippen LogP contribution in [0.4, 0.5) is 0 Å². The van der Waals surface area contributed by atoms with Crippen LogP contribution in [0.1, 0.15) is 61.9 Å². The molecule has 0 bridgehead atoms. The molecule has 0 spiro atoms. The number of aromatic nitrogens is 2. The van der Waals surface area contributed by atoms with E-state index in [1.54, 1.807) is 11.8 Å². The number of carbonyl (C=O) groups is 2. The third-order valence-electron chi connectivity index (χ3n) is 4.56. The third kappa shape index (κ3) is 2.66. The number of imidazole rings is 1. The summed E-state index contributed by atoms with van der Waals surface area (Å²) in [5.41, 5.74) is 0.467. The molecule has 1 aliphatic heterocycles. The first kappa shape index (κ1) is 14.1. The van der Waals surface area contributed by atoms with E-state index < -0.39 is 0 Å². The lowest BCUT2D eigenvalue weighted by Crippen LogP contribution is -2.39. The van der Waals surface area contributed by atoms with E-state index in [1.807, 2.05) is 17.7 Å². The zero-order valence-corrected chi connectivity index (χ0v) is 12.6. The quantitative estimate of drug-likeness (QED) is 0.897. The van der Waals surface area contributed by atoms with Gasteiger partial charge in [-0.15, -0.1) is 0 Å². The van der Waals surface area contributed by atoms with Gasteiger partial charge in [0.25, 0.3) is 5.91 Å². The molecule has 1 aromatic rings. The minimum absolute atomic E-state index is 0.0497. The summed E-state index contributed by atoms with van der Waals surface area (Å²) in [7, 11) is 0. The molecule has 2 heterocycles. The lowest BCUT2D eigenvalue weighted by Gasteiger charge is -2.32. The highest BCUT2D eigenvalue weighted by Gasteiger charge is 2.29. The van der Waals surface area contributed by atoms with Crippen molar-refractivity contribution in [2.75, 3.05) is 6.54 Å². The zero-order chi connectivity index (χ0) is 15.0. The van der Waals surface area contributed by atoms with Gasteiger partial charge in [-0.25, -0.2) is 4.98 Å².